The van der Waals surface area contributed by atoms with Gasteiger partial charge in [-0.1, -0.05) is 34.6 Å². The van der Waals surface area contributed by atoms with Gasteiger partial charge in [0.25, 0.3) is 0 Å². The minimum atomic E-state index is 0.754. The van der Waals surface area contributed by atoms with Crippen LogP contribution in [0.25, 0.3) is 22.6 Å². The van der Waals surface area contributed by atoms with Crippen molar-refractivity contribution in [1.29, 1.82) is 0 Å². The molecule has 0 aliphatic carbocycles. The van der Waals surface area contributed by atoms with Gasteiger partial charge >= 0.3 is 0 Å². The third kappa shape index (κ3) is 1.50. The largest absolute Gasteiger partial charge is 0.356 e. The summed E-state index contributed by atoms with van der Waals surface area (Å²) in [5.74, 6) is 1.51. The molecule has 0 N–H and O–H groups in total. The van der Waals surface area contributed by atoms with Crippen molar-refractivity contribution in [3.8, 4) is 22.6 Å². The zero-order valence-electron chi connectivity index (χ0n) is 8.33. The highest BCUT2D eigenvalue weighted by Crippen LogP contribution is 2.23. The van der Waals surface area contributed by atoms with Gasteiger partial charge in [0.15, 0.2) is 11.5 Å². The monoisotopic (exact) mass is 212 g/mol. The van der Waals surface area contributed by atoms with Crippen LogP contribution in [0.2, 0.25) is 0 Å². The van der Waals surface area contributed by atoms with Crippen molar-refractivity contribution in [2.24, 2.45) is 0 Å². The standard InChI is InChI=1S/C12H8N2O2/c1-2-10(12-6-8-14-16-12)4-3-9(1)11-5-7-13-15-11/h1-8H. The molecule has 1 aromatic carbocycles. The lowest BCUT2D eigenvalue weighted by Crippen LogP contribution is -1.76. The molecule has 3 rings (SSSR count). The highest BCUT2D eigenvalue weighted by molar-refractivity contribution is 5.64. The van der Waals surface area contributed by atoms with Crippen LogP contribution in [0, 0.1) is 0 Å². The Balaban J connectivity index is 1.97. The van der Waals surface area contributed by atoms with Gasteiger partial charge in [-0.05, 0) is 0 Å². The van der Waals surface area contributed by atoms with Gasteiger partial charge in [0, 0.05) is 23.3 Å². The van der Waals surface area contributed by atoms with Gasteiger partial charge in [0.1, 0.15) is 0 Å². The lowest BCUT2D eigenvalue weighted by atomic mass is 10.1. The minimum absolute atomic E-state index is 0.754. The first-order valence-electron chi connectivity index (χ1n) is 4.86. The average Bonchev–Trinajstić information content (AvgIpc) is 3.03. The smallest absolute Gasteiger partial charge is 0.166 e. The van der Waals surface area contributed by atoms with Crippen LogP contribution < -0.4 is 0 Å². The molecule has 4 nitrogen and oxygen atoms in total. The molecule has 0 bridgehead atoms. The molecule has 2 aromatic heterocycles. The second-order valence-electron chi connectivity index (χ2n) is 3.33. The van der Waals surface area contributed by atoms with Crippen LogP contribution in [0.4, 0.5) is 0 Å². The molecule has 16 heavy (non-hydrogen) atoms. The Hall–Kier alpha value is -2.36. The van der Waals surface area contributed by atoms with Gasteiger partial charge in [0.05, 0.1) is 12.4 Å². The van der Waals surface area contributed by atoms with Crippen molar-refractivity contribution >= 4 is 0 Å². The molecule has 0 atom stereocenters. The zero-order chi connectivity index (χ0) is 10.8. The van der Waals surface area contributed by atoms with Gasteiger partial charge < -0.3 is 9.05 Å². The van der Waals surface area contributed by atoms with E-state index in [0.717, 1.165) is 22.6 Å². The highest BCUT2D eigenvalue weighted by Gasteiger charge is 2.04. The number of hydrogen-bond donors (Lipinski definition) is 0. The molecular formula is C12H8N2O2. The maximum atomic E-state index is 5.06. The molecule has 0 aliphatic heterocycles. The molecule has 78 valence electrons. The molecular weight excluding hydrogens is 204 g/mol. The fraction of sp³-hybridized carbons (Fsp3) is 0. The Labute approximate surface area is 91.5 Å². The van der Waals surface area contributed by atoms with Crippen molar-refractivity contribution in [3.05, 3.63) is 48.8 Å². The molecule has 0 spiro atoms. The van der Waals surface area contributed by atoms with E-state index in [2.05, 4.69) is 10.3 Å². The summed E-state index contributed by atoms with van der Waals surface area (Å²) in [7, 11) is 0. The first kappa shape index (κ1) is 8.91. The third-order valence-corrected chi connectivity index (χ3v) is 2.33. The van der Waals surface area contributed by atoms with Gasteiger partial charge in [-0.2, -0.15) is 0 Å². The van der Waals surface area contributed by atoms with E-state index in [0.29, 0.717) is 0 Å². The van der Waals surface area contributed by atoms with Crippen molar-refractivity contribution in [2.75, 3.05) is 0 Å². The van der Waals surface area contributed by atoms with E-state index in [1.54, 1.807) is 12.4 Å². The van der Waals surface area contributed by atoms with Gasteiger partial charge in [-0.3, -0.25) is 0 Å². The second kappa shape index (κ2) is 3.66. The molecule has 0 amide bonds. The van der Waals surface area contributed by atoms with Crippen LogP contribution in [0.5, 0.6) is 0 Å². The van der Waals surface area contributed by atoms with Crippen LogP contribution in [-0.4, -0.2) is 10.3 Å². The fourth-order valence-electron chi connectivity index (χ4n) is 1.53. The fourth-order valence-corrected chi connectivity index (χ4v) is 1.53. The van der Waals surface area contributed by atoms with E-state index in [1.165, 1.54) is 0 Å². The molecule has 0 saturated heterocycles. The zero-order valence-corrected chi connectivity index (χ0v) is 8.33. The van der Waals surface area contributed by atoms with E-state index in [9.17, 15) is 0 Å². The van der Waals surface area contributed by atoms with Gasteiger partial charge in [-0.25, -0.2) is 0 Å². The molecule has 0 saturated carbocycles. The summed E-state index contributed by atoms with van der Waals surface area (Å²) >= 11 is 0. The lowest BCUT2D eigenvalue weighted by molar-refractivity contribution is 0.431. The van der Waals surface area contributed by atoms with Crippen molar-refractivity contribution in [3.63, 3.8) is 0 Å². The minimum Gasteiger partial charge on any atom is -0.356 e. The normalized spacial score (nSPS) is 10.5. The van der Waals surface area contributed by atoms with Crippen LogP contribution in [0.15, 0.2) is 57.8 Å². The predicted molar refractivity (Wildman–Crippen MR) is 57.4 cm³/mol. The van der Waals surface area contributed by atoms with Crippen LogP contribution >= 0.6 is 0 Å². The number of rotatable bonds is 2. The third-order valence-electron chi connectivity index (χ3n) is 2.33. The summed E-state index contributed by atoms with van der Waals surface area (Å²) < 4.78 is 10.1. The highest BCUT2D eigenvalue weighted by atomic mass is 16.5. The molecule has 0 aliphatic rings. The van der Waals surface area contributed by atoms with E-state index < -0.39 is 0 Å². The van der Waals surface area contributed by atoms with Crippen LogP contribution in [0.3, 0.4) is 0 Å². The van der Waals surface area contributed by atoms with Crippen LogP contribution in [0.1, 0.15) is 0 Å². The Morgan fingerprint density at radius 1 is 0.625 bits per heavy atom. The molecule has 3 aromatic rings. The Morgan fingerprint density at radius 2 is 1.06 bits per heavy atom. The number of hydrogen-bond acceptors (Lipinski definition) is 4. The van der Waals surface area contributed by atoms with E-state index in [-0.39, 0.29) is 0 Å². The quantitative estimate of drug-likeness (QED) is 0.655. The second-order valence-corrected chi connectivity index (χ2v) is 3.33. The molecule has 0 unspecified atom stereocenters. The molecule has 4 heteroatoms. The van der Waals surface area contributed by atoms with E-state index in [4.69, 9.17) is 9.05 Å². The number of benzene rings is 1. The van der Waals surface area contributed by atoms with Crippen molar-refractivity contribution in [1.82, 2.24) is 10.3 Å². The summed E-state index contributed by atoms with van der Waals surface area (Å²) in [4.78, 5) is 0. The summed E-state index contributed by atoms with van der Waals surface area (Å²) in [6, 6.07) is 11.5. The Kier molecular flexibility index (Phi) is 2.04. The summed E-state index contributed by atoms with van der Waals surface area (Å²) in [6.07, 6.45) is 3.25. The van der Waals surface area contributed by atoms with Gasteiger partial charge in [0.2, 0.25) is 0 Å². The molecule has 0 radical (unpaired) electrons. The van der Waals surface area contributed by atoms with Crippen molar-refractivity contribution in [2.45, 2.75) is 0 Å². The van der Waals surface area contributed by atoms with E-state index >= 15 is 0 Å². The summed E-state index contributed by atoms with van der Waals surface area (Å²) in [5, 5.41) is 7.33. The van der Waals surface area contributed by atoms with E-state index in [1.807, 2.05) is 36.4 Å². The van der Waals surface area contributed by atoms with Crippen LogP contribution in [-0.2, 0) is 0 Å². The van der Waals surface area contributed by atoms with Crippen molar-refractivity contribution < 1.29 is 9.05 Å². The first-order chi connectivity index (χ1) is 7.93. The maximum Gasteiger partial charge on any atom is 0.166 e. The first-order valence-corrected chi connectivity index (χ1v) is 4.86. The number of aromatic nitrogens is 2. The lowest BCUT2D eigenvalue weighted by Gasteiger charge is -1.97. The Morgan fingerprint density at radius 3 is 1.38 bits per heavy atom. The SMILES string of the molecule is c1cc(-c2ccc(-c3ccno3)cc2)on1. The van der Waals surface area contributed by atoms with Gasteiger partial charge in [-0.15, -0.1) is 0 Å². The topological polar surface area (TPSA) is 52.1 Å². The molecule has 2 heterocycles. The number of nitrogens with zero attached hydrogens (tertiary/aromatic N) is 2. The Bertz CT molecular complexity index is 500. The summed E-state index contributed by atoms with van der Waals surface area (Å²) in [5.41, 5.74) is 1.97. The average molecular weight is 212 g/mol. The maximum absolute atomic E-state index is 5.06. The predicted octanol–water partition coefficient (Wildman–Crippen LogP) is 3.00. The molecule has 0 fully saturated rings. The summed E-state index contributed by atoms with van der Waals surface area (Å²) in [6.45, 7) is 0.